The standard InChI is InChI=1S/C12H9F2N5O2.C4H8FN.C2H3F3/c1-21-8-3-9-16-4-7(19(9)18-12(8)20)10-5(13)2-6(14)11(15)17-10;5-4-1-2-6-3-4;1-2(3,4)5/h2-4H,1H3,(H2,15,17)(H,18,20);4,6H,1-3H2;1H3. The van der Waals surface area contributed by atoms with Crippen molar-refractivity contribution in [2.24, 2.45) is 0 Å². The fraction of sp³-hybridized carbons (Fsp3) is 0.389. The zero-order valence-corrected chi connectivity index (χ0v) is 16.9. The third-order valence-electron chi connectivity index (χ3n) is 3.91. The van der Waals surface area contributed by atoms with Gasteiger partial charge in [-0.25, -0.2) is 27.7 Å². The summed E-state index contributed by atoms with van der Waals surface area (Å²) in [5.41, 5.74) is 5.04. The van der Waals surface area contributed by atoms with Crippen LogP contribution in [-0.4, -0.2) is 52.1 Å². The van der Waals surface area contributed by atoms with Crippen molar-refractivity contribution in [2.45, 2.75) is 25.7 Å². The van der Waals surface area contributed by atoms with Gasteiger partial charge in [0.05, 0.1) is 13.3 Å². The van der Waals surface area contributed by atoms with Gasteiger partial charge in [-0.2, -0.15) is 13.2 Å². The molecule has 8 nitrogen and oxygen atoms in total. The van der Waals surface area contributed by atoms with Gasteiger partial charge in [-0.1, -0.05) is 0 Å². The minimum absolute atomic E-state index is 0.0618. The van der Waals surface area contributed by atoms with Gasteiger partial charge in [0.25, 0.3) is 0 Å². The van der Waals surface area contributed by atoms with Gasteiger partial charge in [0.15, 0.2) is 28.8 Å². The highest BCUT2D eigenvalue weighted by molar-refractivity contribution is 5.62. The highest BCUT2D eigenvalue weighted by Crippen LogP contribution is 2.24. The van der Waals surface area contributed by atoms with E-state index in [1.165, 1.54) is 23.9 Å². The van der Waals surface area contributed by atoms with E-state index >= 15 is 0 Å². The molecule has 0 spiro atoms. The van der Waals surface area contributed by atoms with E-state index in [-0.39, 0.29) is 24.1 Å². The number of aromatic amines is 1. The second-order valence-electron chi connectivity index (χ2n) is 6.55. The monoisotopic (exact) mass is 466 g/mol. The Morgan fingerprint density at radius 3 is 2.41 bits per heavy atom. The minimum atomic E-state index is -4.00. The Bertz CT molecular complexity index is 1100. The normalized spacial score (nSPS) is 15.6. The van der Waals surface area contributed by atoms with Crippen molar-refractivity contribution in [3.8, 4) is 17.1 Å². The first-order valence-electron chi connectivity index (χ1n) is 9.09. The Morgan fingerprint density at radius 2 is 1.91 bits per heavy atom. The number of H-pyrrole nitrogens is 1. The van der Waals surface area contributed by atoms with Crippen molar-refractivity contribution in [1.82, 2.24) is 24.9 Å². The molecule has 0 aliphatic carbocycles. The summed E-state index contributed by atoms with van der Waals surface area (Å²) in [5.74, 6) is -2.26. The number of ether oxygens (including phenoxy) is 1. The summed E-state index contributed by atoms with van der Waals surface area (Å²) in [6.07, 6.45) is -2.57. The molecule has 0 radical (unpaired) electrons. The van der Waals surface area contributed by atoms with E-state index in [2.05, 4.69) is 20.4 Å². The van der Waals surface area contributed by atoms with Gasteiger partial charge in [0.1, 0.15) is 17.6 Å². The molecule has 4 heterocycles. The zero-order valence-electron chi connectivity index (χ0n) is 16.9. The number of imidazole rings is 1. The number of aromatic nitrogens is 4. The number of nitrogen functional groups attached to an aromatic ring is 1. The number of methoxy groups -OCH3 is 1. The van der Waals surface area contributed by atoms with Gasteiger partial charge in [-0.05, 0) is 13.0 Å². The number of hydrogen-bond donors (Lipinski definition) is 3. The minimum Gasteiger partial charge on any atom is -0.491 e. The number of fused-ring (bicyclic) bond motifs is 1. The van der Waals surface area contributed by atoms with Crippen molar-refractivity contribution in [3.05, 3.63) is 40.3 Å². The molecular formula is C18H20F6N6O2. The van der Waals surface area contributed by atoms with E-state index in [1.807, 2.05) is 0 Å². The van der Waals surface area contributed by atoms with Gasteiger partial charge < -0.3 is 15.8 Å². The molecule has 1 saturated heterocycles. The smallest absolute Gasteiger partial charge is 0.386 e. The number of nitrogens with two attached hydrogens (primary N) is 1. The lowest BCUT2D eigenvalue weighted by Crippen LogP contribution is -2.14. The predicted molar refractivity (Wildman–Crippen MR) is 104 cm³/mol. The first-order chi connectivity index (χ1) is 14.9. The molecule has 1 aliphatic heterocycles. The van der Waals surface area contributed by atoms with Crippen LogP contribution in [0.1, 0.15) is 13.3 Å². The molecule has 3 aromatic heterocycles. The van der Waals surface area contributed by atoms with Crippen LogP contribution in [0.2, 0.25) is 0 Å². The molecule has 176 valence electrons. The fourth-order valence-electron chi connectivity index (χ4n) is 2.52. The summed E-state index contributed by atoms with van der Waals surface area (Å²) < 4.78 is 76.0. The summed E-state index contributed by atoms with van der Waals surface area (Å²) in [4.78, 5) is 19.4. The van der Waals surface area contributed by atoms with Crippen molar-refractivity contribution in [1.29, 1.82) is 0 Å². The van der Waals surface area contributed by atoms with E-state index in [0.29, 0.717) is 24.7 Å². The number of pyridine rings is 1. The highest BCUT2D eigenvalue weighted by Gasteiger charge is 2.17. The number of alkyl halides is 4. The van der Waals surface area contributed by atoms with Gasteiger partial charge in [0, 0.05) is 25.6 Å². The summed E-state index contributed by atoms with van der Waals surface area (Å²) in [5, 5.41) is 5.35. The van der Waals surface area contributed by atoms with Gasteiger partial charge in [-0.15, -0.1) is 0 Å². The van der Waals surface area contributed by atoms with Crippen molar-refractivity contribution in [3.63, 3.8) is 0 Å². The van der Waals surface area contributed by atoms with Crippen molar-refractivity contribution < 1.29 is 31.1 Å². The molecule has 4 rings (SSSR count). The van der Waals surface area contributed by atoms with E-state index < -0.39 is 35.4 Å². The number of nitrogens with zero attached hydrogens (tertiary/aromatic N) is 3. The average Bonchev–Trinajstić information content (AvgIpc) is 3.32. The molecule has 0 amide bonds. The molecule has 0 aromatic carbocycles. The molecule has 1 fully saturated rings. The van der Waals surface area contributed by atoms with Gasteiger partial charge in [0.2, 0.25) is 0 Å². The van der Waals surface area contributed by atoms with Crippen LogP contribution >= 0.6 is 0 Å². The largest absolute Gasteiger partial charge is 0.491 e. The van der Waals surface area contributed by atoms with Crippen LogP contribution in [0.25, 0.3) is 17.0 Å². The van der Waals surface area contributed by atoms with E-state index in [0.717, 1.165) is 6.54 Å². The molecule has 1 unspecified atom stereocenters. The summed E-state index contributed by atoms with van der Waals surface area (Å²) in [6, 6.07) is 2.01. The van der Waals surface area contributed by atoms with E-state index in [9.17, 15) is 31.1 Å². The number of nitrogens with one attached hydrogen (secondary N) is 2. The molecule has 3 aromatic rings. The highest BCUT2D eigenvalue weighted by atomic mass is 19.4. The van der Waals surface area contributed by atoms with Crippen LogP contribution in [0.15, 0.2) is 23.1 Å². The summed E-state index contributed by atoms with van der Waals surface area (Å²) in [6.45, 7) is 1.62. The fourth-order valence-corrected chi connectivity index (χ4v) is 2.52. The maximum Gasteiger partial charge on any atom is 0.386 e. The molecule has 1 aliphatic rings. The first-order valence-corrected chi connectivity index (χ1v) is 9.09. The Kier molecular flexibility index (Phi) is 8.08. The van der Waals surface area contributed by atoms with E-state index in [1.54, 1.807) is 0 Å². The Balaban J connectivity index is 0.000000272. The number of rotatable bonds is 2. The third-order valence-corrected chi connectivity index (χ3v) is 3.91. The average molecular weight is 466 g/mol. The maximum atomic E-state index is 13.9. The number of halogens is 6. The number of hydrogen-bond acceptors (Lipinski definition) is 6. The Morgan fingerprint density at radius 1 is 1.25 bits per heavy atom. The second-order valence-corrected chi connectivity index (χ2v) is 6.55. The van der Waals surface area contributed by atoms with Crippen molar-refractivity contribution >= 4 is 11.5 Å². The summed E-state index contributed by atoms with van der Waals surface area (Å²) >= 11 is 0. The topological polar surface area (TPSA) is 110 Å². The lowest BCUT2D eigenvalue weighted by Gasteiger charge is -2.05. The second kappa shape index (κ2) is 10.3. The predicted octanol–water partition coefficient (Wildman–Crippen LogP) is 2.84. The van der Waals surface area contributed by atoms with Crippen LogP contribution in [-0.2, 0) is 0 Å². The molecular weight excluding hydrogens is 446 g/mol. The Hall–Kier alpha value is -3.29. The molecule has 0 saturated carbocycles. The third kappa shape index (κ3) is 6.87. The van der Waals surface area contributed by atoms with Gasteiger partial charge >= 0.3 is 11.7 Å². The zero-order chi connectivity index (χ0) is 24.1. The molecule has 4 N–H and O–H groups in total. The van der Waals surface area contributed by atoms with Crippen molar-refractivity contribution in [2.75, 3.05) is 25.9 Å². The van der Waals surface area contributed by atoms with Crippen LogP contribution in [0.5, 0.6) is 5.75 Å². The Labute approximate surface area is 177 Å². The van der Waals surface area contributed by atoms with Crippen LogP contribution in [0.4, 0.5) is 32.2 Å². The summed E-state index contributed by atoms with van der Waals surface area (Å²) in [7, 11) is 1.34. The lowest BCUT2D eigenvalue weighted by atomic mass is 10.2. The SMILES string of the molecule is CC(F)(F)F.COc1cc2ncc(-c3nc(N)c(F)cc3F)n2[nH]c1=O.FC1CCNC1. The maximum absolute atomic E-state index is 13.9. The van der Waals surface area contributed by atoms with Crippen LogP contribution in [0, 0.1) is 11.6 Å². The van der Waals surface area contributed by atoms with E-state index in [4.69, 9.17) is 10.5 Å². The van der Waals surface area contributed by atoms with Crippen LogP contribution < -0.4 is 21.3 Å². The van der Waals surface area contributed by atoms with Gasteiger partial charge in [-0.3, -0.25) is 9.89 Å². The molecule has 0 bridgehead atoms. The number of anilines is 1. The molecule has 14 heteroatoms. The molecule has 1 atom stereocenters. The molecule has 32 heavy (non-hydrogen) atoms. The first kappa shape index (κ1) is 25.0. The van der Waals surface area contributed by atoms with Crippen LogP contribution in [0.3, 0.4) is 0 Å². The lowest BCUT2D eigenvalue weighted by molar-refractivity contribution is -0.110. The quantitative estimate of drug-likeness (QED) is 0.501.